The maximum absolute atomic E-state index is 11.6. The highest BCUT2D eigenvalue weighted by Gasteiger charge is 2.41. The molecule has 0 heterocycles. The highest BCUT2D eigenvalue weighted by Crippen LogP contribution is 2.33. The van der Waals surface area contributed by atoms with Crippen LogP contribution in [0.25, 0.3) is 0 Å². The third-order valence-electron chi connectivity index (χ3n) is 2.95. The van der Waals surface area contributed by atoms with Gasteiger partial charge in [-0.3, -0.25) is 9.59 Å². The third-order valence-corrected chi connectivity index (χ3v) is 3.27. The second-order valence-electron chi connectivity index (χ2n) is 4.15. The summed E-state index contributed by atoms with van der Waals surface area (Å²) in [6.45, 7) is 0. The van der Waals surface area contributed by atoms with Gasteiger partial charge in [0.2, 0.25) is 0 Å². The molecular formula is C13H16O4S. The summed E-state index contributed by atoms with van der Waals surface area (Å²) in [5, 5.41) is 18.4. The molecule has 5 heteroatoms. The lowest BCUT2D eigenvalue weighted by Crippen LogP contribution is -2.38. The molecule has 4 nitrogen and oxygen atoms in total. The Morgan fingerprint density at radius 1 is 1.17 bits per heavy atom. The van der Waals surface area contributed by atoms with Gasteiger partial charge in [-0.15, -0.1) is 0 Å². The van der Waals surface area contributed by atoms with E-state index in [9.17, 15) is 14.7 Å². The summed E-state index contributed by atoms with van der Waals surface area (Å²) in [5.74, 6) is -1.68. The van der Waals surface area contributed by atoms with Gasteiger partial charge in [-0.25, -0.2) is 0 Å². The number of benzene rings is 1. The van der Waals surface area contributed by atoms with Gasteiger partial charge >= 0.3 is 11.9 Å². The first kappa shape index (κ1) is 14.6. The monoisotopic (exact) mass is 268 g/mol. The van der Waals surface area contributed by atoms with E-state index in [-0.39, 0.29) is 6.42 Å². The number of aliphatic carboxylic acids is 2. The standard InChI is InChI=1S/C13H16O4S/c14-11(15)9-13(12(16)17,7-4-8-18)10-5-2-1-3-6-10/h1-3,5-6,18H,4,7-9H2,(H,14,15)(H,16,17). The summed E-state index contributed by atoms with van der Waals surface area (Å²) in [4.78, 5) is 22.5. The highest BCUT2D eigenvalue weighted by molar-refractivity contribution is 7.80. The molecule has 0 saturated heterocycles. The predicted octanol–water partition coefficient (Wildman–Crippen LogP) is 2.19. The normalized spacial score (nSPS) is 13.8. The van der Waals surface area contributed by atoms with Crippen molar-refractivity contribution in [2.24, 2.45) is 0 Å². The summed E-state index contributed by atoms with van der Waals surface area (Å²) in [5.41, 5.74) is -0.836. The van der Waals surface area contributed by atoms with E-state index in [0.29, 0.717) is 17.7 Å². The Morgan fingerprint density at radius 2 is 1.78 bits per heavy atom. The molecule has 1 aromatic carbocycles. The lowest BCUT2D eigenvalue weighted by Gasteiger charge is -2.28. The third kappa shape index (κ3) is 3.26. The molecule has 0 aliphatic rings. The van der Waals surface area contributed by atoms with Gasteiger partial charge < -0.3 is 10.2 Å². The van der Waals surface area contributed by atoms with Gasteiger partial charge in [0, 0.05) is 0 Å². The van der Waals surface area contributed by atoms with Crippen LogP contribution in [-0.2, 0) is 15.0 Å². The minimum absolute atomic E-state index is 0.266. The Morgan fingerprint density at radius 3 is 2.22 bits per heavy atom. The van der Waals surface area contributed by atoms with E-state index in [4.69, 9.17) is 5.11 Å². The SMILES string of the molecule is O=C(O)CC(CCCS)(C(=O)O)c1ccccc1. The van der Waals surface area contributed by atoms with Crippen LogP contribution in [0.15, 0.2) is 30.3 Å². The predicted molar refractivity (Wildman–Crippen MR) is 71.1 cm³/mol. The second kappa shape index (κ2) is 6.44. The average Bonchev–Trinajstić information content (AvgIpc) is 2.34. The summed E-state index contributed by atoms with van der Waals surface area (Å²) in [7, 11) is 0. The number of hydrogen-bond donors (Lipinski definition) is 3. The molecule has 0 aliphatic carbocycles. The van der Waals surface area contributed by atoms with Crippen LogP contribution in [0.2, 0.25) is 0 Å². The van der Waals surface area contributed by atoms with Crippen molar-refractivity contribution >= 4 is 24.6 Å². The Bertz CT molecular complexity index is 418. The van der Waals surface area contributed by atoms with E-state index in [2.05, 4.69) is 12.6 Å². The first-order chi connectivity index (χ1) is 8.53. The maximum Gasteiger partial charge on any atom is 0.314 e. The molecular weight excluding hydrogens is 252 g/mol. The fourth-order valence-corrected chi connectivity index (χ4v) is 2.20. The molecule has 1 unspecified atom stereocenters. The van der Waals surface area contributed by atoms with E-state index < -0.39 is 23.8 Å². The van der Waals surface area contributed by atoms with Gasteiger partial charge in [-0.2, -0.15) is 12.6 Å². The molecule has 0 saturated carbocycles. The molecule has 18 heavy (non-hydrogen) atoms. The van der Waals surface area contributed by atoms with Crippen LogP contribution in [0.3, 0.4) is 0 Å². The maximum atomic E-state index is 11.6. The summed E-state index contributed by atoms with van der Waals surface area (Å²) < 4.78 is 0. The van der Waals surface area contributed by atoms with Crippen molar-refractivity contribution < 1.29 is 19.8 Å². The number of rotatable bonds is 7. The molecule has 1 aromatic rings. The molecule has 1 rings (SSSR count). The number of hydrogen-bond acceptors (Lipinski definition) is 3. The van der Waals surface area contributed by atoms with Crippen molar-refractivity contribution in [2.45, 2.75) is 24.7 Å². The molecule has 0 aromatic heterocycles. The zero-order valence-corrected chi connectivity index (χ0v) is 10.8. The van der Waals surface area contributed by atoms with Gasteiger partial charge in [-0.05, 0) is 24.2 Å². The van der Waals surface area contributed by atoms with Gasteiger partial charge in [0.05, 0.1) is 6.42 Å². The zero-order valence-electron chi connectivity index (χ0n) is 9.87. The van der Waals surface area contributed by atoms with Gasteiger partial charge in [0.15, 0.2) is 0 Å². The molecule has 0 aliphatic heterocycles. The number of carboxylic acids is 2. The quantitative estimate of drug-likeness (QED) is 0.663. The molecule has 0 spiro atoms. The Hall–Kier alpha value is -1.49. The second-order valence-corrected chi connectivity index (χ2v) is 4.60. The van der Waals surface area contributed by atoms with Gasteiger partial charge in [0.1, 0.15) is 5.41 Å². The highest BCUT2D eigenvalue weighted by atomic mass is 32.1. The van der Waals surface area contributed by atoms with Crippen LogP contribution in [0, 0.1) is 0 Å². The molecule has 0 radical (unpaired) electrons. The molecule has 1 atom stereocenters. The van der Waals surface area contributed by atoms with E-state index in [1.807, 2.05) is 0 Å². The van der Waals surface area contributed by atoms with Crippen LogP contribution in [0.1, 0.15) is 24.8 Å². The van der Waals surface area contributed by atoms with Gasteiger partial charge in [0.25, 0.3) is 0 Å². The van der Waals surface area contributed by atoms with E-state index in [0.717, 1.165) is 0 Å². The average molecular weight is 268 g/mol. The first-order valence-corrected chi connectivity index (χ1v) is 6.28. The lowest BCUT2D eigenvalue weighted by molar-refractivity contribution is -0.150. The molecule has 0 fully saturated rings. The van der Waals surface area contributed by atoms with Crippen LogP contribution < -0.4 is 0 Å². The van der Waals surface area contributed by atoms with Crippen molar-refractivity contribution in [3.63, 3.8) is 0 Å². The number of thiol groups is 1. The van der Waals surface area contributed by atoms with Crippen molar-refractivity contribution in [1.29, 1.82) is 0 Å². The van der Waals surface area contributed by atoms with Crippen molar-refractivity contribution in [2.75, 3.05) is 5.75 Å². The van der Waals surface area contributed by atoms with Crippen LogP contribution >= 0.6 is 12.6 Å². The largest absolute Gasteiger partial charge is 0.481 e. The van der Waals surface area contributed by atoms with Crippen LogP contribution in [-0.4, -0.2) is 27.9 Å². The number of carboxylic acid groups (broad SMARTS) is 2. The van der Waals surface area contributed by atoms with Gasteiger partial charge in [-0.1, -0.05) is 30.3 Å². The van der Waals surface area contributed by atoms with Crippen LogP contribution in [0.5, 0.6) is 0 Å². The fraction of sp³-hybridized carbons (Fsp3) is 0.385. The van der Waals surface area contributed by atoms with Crippen LogP contribution in [0.4, 0.5) is 0 Å². The Kier molecular flexibility index (Phi) is 5.22. The fourth-order valence-electron chi connectivity index (χ4n) is 2.04. The van der Waals surface area contributed by atoms with E-state index in [1.165, 1.54) is 0 Å². The summed E-state index contributed by atoms with van der Waals surface area (Å²) >= 11 is 4.06. The molecule has 2 N–H and O–H groups in total. The topological polar surface area (TPSA) is 74.6 Å². The zero-order chi connectivity index (χ0) is 13.6. The summed E-state index contributed by atoms with van der Waals surface area (Å²) in [6.07, 6.45) is 0.403. The van der Waals surface area contributed by atoms with E-state index >= 15 is 0 Å². The minimum Gasteiger partial charge on any atom is -0.481 e. The smallest absolute Gasteiger partial charge is 0.314 e. The Balaban J connectivity index is 3.19. The Labute approximate surface area is 111 Å². The summed E-state index contributed by atoms with van der Waals surface area (Å²) in [6, 6.07) is 8.53. The van der Waals surface area contributed by atoms with Crippen molar-refractivity contribution in [1.82, 2.24) is 0 Å². The number of carbonyl (C=O) groups is 2. The molecule has 0 amide bonds. The van der Waals surface area contributed by atoms with Crippen molar-refractivity contribution in [3.05, 3.63) is 35.9 Å². The first-order valence-electron chi connectivity index (χ1n) is 5.64. The van der Waals surface area contributed by atoms with E-state index in [1.54, 1.807) is 30.3 Å². The molecule has 0 bridgehead atoms. The lowest BCUT2D eigenvalue weighted by atomic mass is 9.74. The van der Waals surface area contributed by atoms with Crippen molar-refractivity contribution in [3.8, 4) is 0 Å². The molecule has 98 valence electrons. The minimum atomic E-state index is -1.37.